The maximum Gasteiger partial charge on any atom is 0.303 e. The summed E-state index contributed by atoms with van der Waals surface area (Å²) < 4.78 is 20.8. The zero-order chi connectivity index (χ0) is 13.7. The van der Waals surface area contributed by atoms with Crippen molar-refractivity contribution in [2.75, 3.05) is 7.11 Å². The first-order valence-electron chi connectivity index (χ1n) is 5.65. The molecule has 0 aromatic rings. The summed E-state index contributed by atoms with van der Waals surface area (Å²) in [5, 5.41) is 0. The molecule has 0 unspecified atom stereocenters. The molecule has 0 saturated carbocycles. The van der Waals surface area contributed by atoms with Crippen LogP contribution >= 0.6 is 0 Å². The van der Waals surface area contributed by atoms with Crippen LogP contribution < -0.4 is 0 Å². The van der Waals surface area contributed by atoms with E-state index in [1.165, 1.54) is 21.0 Å². The topological polar surface area (TPSA) is 71.1 Å². The minimum atomic E-state index is -0.826. The molecular weight excluding hydrogens is 240 g/mol. The van der Waals surface area contributed by atoms with Crippen LogP contribution in [0.5, 0.6) is 0 Å². The highest BCUT2D eigenvalue weighted by atomic mass is 16.7. The number of hydrogen-bond donors (Lipinski definition) is 0. The Balaban J connectivity index is 2.89. The van der Waals surface area contributed by atoms with Gasteiger partial charge in [0.25, 0.3) is 0 Å². The number of hydrogen-bond acceptors (Lipinski definition) is 6. The number of ether oxygens (including phenoxy) is 4. The van der Waals surface area contributed by atoms with Gasteiger partial charge in [0.15, 0.2) is 0 Å². The van der Waals surface area contributed by atoms with Gasteiger partial charge in [0.1, 0.15) is 6.10 Å². The fraction of sp³-hybridized carbons (Fsp3) is 0.667. The maximum absolute atomic E-state index is 11.1. The molecule has 1 fully saturated rings. The van der Waals surface area contributed by atoms with E-state index in [1.54, 1.807) is 0 Å². The molecule has 0 spiro atoms. The molecule has 1 aliphatic heterocycles. The Morgan fingerprint density at radius 2 is 1.89 bits per heavy atom. The van der Waals surface area contributed by atoms with Gasteiger partial charge in [-0.3, -0.25) is 9.59 Å². The molecule has 6 nitrogen and oxygen atoms in total. The monoisotopic (exact) mass is 258 g/mol. The third-order valence-corrected chi connectivity index (χ3v) is 2.48. The average Bonchev–Trinajstić information content (AvgIpc) is 2.40. The van der Waals surface area contributed by atoms with Crippen LogP contribution in [0.1, 0.15) is 26.7 Å². The molecule has 0 aromatic heterocycles. The zero-order valence-electron chi connectivity index (χ0n) is 10.8. The second-order valence-corrected chi connectivity index (χ2v) is 4.02. The molecule has 6 heteroatoms. The van der Waals surface area contributed by atoms with Crippen LogP contribution in [0, 0.1) is 0 Å². The average molecular weight is 258 g/mol. The van der Waals surface area contributed by atoms with Crippen molar-refractivity contribution < 1.29 is 28.5 Å². The van der Waals surface area contributed by atoms with E-state index in [-0.39, 0.29) is 0 Å². The van der Waals surface area contributed by atoms with Gasteiger partial charge in [0.05, 0.1) is 5.76 Å². The summed E-state index contributed by atoms with van der Waals surface area (Å²) in [6.07, 6.45) is -1.24. The van der Waals surface area contributed by atoms with Crippen molar-refractivity contribution in [2.45, 2.75) is 45.2 Å². The van der Waals surface area contributed by atoms with Gasteiger partial charge in [0, 0.05) is 27.4 Å². The molecule has 0 radical (unpaired) electrons. The van der Waals surface area contributed by atoms with Crippen molar-refractivity contribution in [3.05, 3.63) is 12.3 Å². The fourth-order valence-electron chi connectivity index (χ4n) is 1.78. The third kappa shape index (κ3) is 4.03. The Kier molecular flexibility index (Phi) is 5.15. The molecule has 0 amide bonds. The molecule has 1 rings (SSSR count). The fourth-order valence-corrected chi connectivity index (χ4v) is 1.78. The van der Waals surface area contributed by atoms with E-state index in [9.17, 15) is 9.59 Å². The van der Waals surface area contributed by atoms with E-state index >= 15 is 0 Å². The Hall–Kier alpha value is -1.56. The van der Waals surface area contributed by atoms with Crippen LogP contribution in [0.15, 0.2) is 12.3 Å². The minimum Gasteiger partial charge on any atom is -0.466 e. The van der Waals surface area contributed by atoms with Crippen molar-refractivity contribution >= 4 is 11.9 Å². The SMILES string of the molecule is C=C1CC[C@H](OC(C)=O)[C@H](OC(C)=O)[C@@H](OC)O1. The Bertz CT molecular complexity index is 337. The lowest BCUT2D eigenvalue weighted by molar-refractivity contribution is -0.207. The predicted molar refractivity (Wildman–Crippen MR) is 61.4 cm³/mol. The summed E-state index contributed by atoms with van der Waals surface area (Å²) in [6.45, 7) is 6.29. The van der Waals surface area contributed by atoms with Gasteiger partial charge < -0.3 is 18.9 Å². The van der Waals surface area contributed by atoms with Gasteiger partial charge in [-0.15, -0.1) is 0 Å². The second kappa shape index (κ2) is 6.39. The highest BCUT2D eigenvalue weighted by Crippen LogP contribution is 2.26. The van der Waals surface area contributed by atoms with Crippen molar-refractivity contribution in [1.82, 2.24) is 0 Å². The van der Waals surface area contributed by atoms with E-state index < -0.39 is 30.4 Å². The van der Waals surface area contributed by atoms with Crippen LogP contribution in [-0.2, 0) is 28.5 Å². The summed E-state index contributed by atoms with van der Waals surface area (Å²) in [5.74, 6) is -0.427. The maximum atomic E-state index is 11.1. The summed E-state index contributed by atoms with van der Waals surface area (Å²) in [7, 11) is 1.42. The van der Waals surface area contributed by atoms with Gasteiger partial charge in [-0.2, -0.15) is 0 Å². The molecule has 1 heterocycles. The van der Waals surface area contributed by atoms with E-state index in [4.69, 9.17) is 18.9 Å². The molecular formula is C12H18O6. The van der Waals surface area contributed by atoms with Crippen LogP contribution in [-0.4, -0.2) is 37.5 Å². The highest BCUT2D eigenvalue weighted by molar-refractivity contribution is 5.67. The molecule has 0 N–H and O–H groups in total. The van der Waals surface area contributed by atoms with Crippen molar-refractivity contribution in [3.63, 3.8) is 0 Å². The molecule has 102 valence electrons. The Labute approximate surface area is 106 Å². The van der Waals surface area contributed by atoms with Crippen LogP contribution in [0.4, 0.5) is 0 Å². The van der Waals surface area contributed by atoms with E-state index in [2.05, 4.69) is 6.58 Å². The quantitative estimate of drug-likeness (QED) is 0.707. The highest BCUT2D eigenvalue weighted by Gasteiger charge is 2.39. The first kappa shape index (κ1) is 14.5. The van der Waals surface area contributed by atoms with Crippen LogP contribution in [0.2, 0.25) is 0 Å². The number of methoxy groups -OCH3 is 1. The summed E-state index contributed by atoms with van der Waals surface area (Å²) in [5.41, 5.74) is 0. The first-order chi connectivity index (χ1) is 8.43. The van der Waals surface area contributed by atoms with E-state index in [0.29, 0.717) is 18.6 Å². The molecule has 0 bridgehead atoms. The number of esters is 2. The number of rotatable bonds is 3. The Morgan fingerprint density at radius 1 is 1.28 bits per heavy atom. The molecule has 1 saturated heterocycles. The first-order valence-corrected chi connectivity index (χ1v) is 5.65. The lowest BCUT2D eigenvalue weighted by Crippen LogP contribution is -2.43. The van der Waals surface area contributed by atoms with Gasteiger partial charge in [0.2, 0.25) is 12.4 Å². The van der Waals surface area contributed by atoms with Crippen molar-refractivity contribution in [2.24, 2.45) is 0 Å². The predicted octanol–water partition coefficient (Wildman–Crippen LogP) is 1.15. The molecule has 0 aromatic carbocycles. The standard InChI is InChI=1S/C12H18O6/c1-7-5-6-10(17-8(2)13)11(18-9(3)14)12(15-4)16-7/h10-12H,1,5-6H2,2-4H3/t10-,11-,12-/m0/s1. The number of allylic oxidation sites excluding steroid dienone is 1. The van der Waals surface area contributed by atoms with Crippen LogP contribution in [0.25, 0.3) is 0 Å². The molecule has 0 aliphatic carbocycles. The lowest BCUT2D eigenvalue weighted by Gasteiger charge is -2.28. The largest absolute Gasteiger partial charge is 0.466 e. The summed E-state index contributed by atoms with van der Waals surface area (Å²) >= 11 is 0. The molecule has 1 aliphatic rings. The van der Waals surface area contributed by atoms with Crippen molar-refractivity contribution in [1.29, 1.82) is 0 Å². The van der Waals surface area contributed by atoms with Gasteiger partial charge in [-0.25, -0.2) is 0 Å². The normalized spacial score (nSPS) is 27.9. The summed E-state index contributed by atoms with van der Waals surface area (Å²) in [4.78, 5) is 22.2. The van der Waals surface area contributed by atoms with Crippen molar-refractivity contribution in [3.8, 4) is 0 Å². The van der Waals surface area contributed by atoms with Gasteiger partial charge in [-0.1, -0.05) is 6.58 Å². The van der Waals surface area contributed by atoms with Gasteiger partial charge >= 0.3 is 11.9 Å². The van der Waals surface area contributed by atoms with E-state index in [0.717, 1.165) is 0 Å². The molecule has 18 heavy (non-hydrogen) atoms. The molecule has 3 atom stereocenters. The number of carbonyl (C=O) groups excluding carboxylic acids is 2. The van der Waals surface area contributed by atoms with Crippen LogP contribution in [0.3, 0.4) is 0 Å². The van der Waals surface area contributed by atoms with Gasteiger partial charge in [-0.05, 0) is 6.42 Å². The number of carbonyl (C=O) groups is 2. The Morgan fingerprint density at radius 3 is 2.39 bits per heavy atom. The van der Waals surface area contributed by atoms with E-state index in [1.807, 2.05) is 0 Å². The second-order valence-electron chi connectivity index (χ2n) is 4.02. The summed E-state index contributed by atoms with van der Waals surface area (Å²) in [6, 6.07) is 0. The smallest absolute Gasteiger partial charge is 0.303 e. The third-order valence-electron chi connectivity index (χ3n) is 2.48. The lowest BCUT2D eigenvalue weighted by atomic mass is 10.1. The zero-order valence-corrected chi connectivity index (χ0v) is 10.8. The minimum absolute atomic E-state index is 0.445.